The fourth-order valence-corrected chi connectivity index (χ4v) is 3.31. The first-order valence-electron chi connectivity index (χ1n) is 9.08. The number of hydrogen-bond acceptors (Lipinski definition) is 4. The topological polar surface area (TPSA) is 68.4 Å². The highest BCUT2D eigenvalue weighted by molar-refractivity contribution is 6.07. The second-order valence-corrected chi connectivity index (χ2v) is 6.21. The van der Waals surface area contributed by atoms with Gasteiger partial charge in [-0.2, -0.15) is 0 Å². The van der Waals surface area contributed by atoms with Crippen LogP contribution in [0.5, 0.6) is 0 Å². The SMILES string of the molecule is CCOC(=O)C(C(=O)OCC)c1c(-c2ccccc2C)[nH]c2ccccc12. The molecule has 0 bridgehead atoms. The van der Waals surface area contributed by atoms with Crippen LogP contribution in [0.3, 0.4) is 0 Å². The van der Waals surface area contributed by atoms with Crippen LogP contribution in [0.1, 0.15) is 30.9 Å². The molecular weight excluding hydrogens is 342 g/mol. The summed E-state index contributed by atoms with van der Waals surface area (Å²) in [5.74, 6) is -2.35. The minimum atomic E-state index is -1.14. The number of carbonyl (C=O) groups excluding carboxylic acids is 2. The number of hydrogen-bond donors (Lipinski definition) is 1. The fourth-order valence-electron chi connectivity index (χ4n) is 3.31. The van der Waals surface area contributed by atoms with Crippen LogP contribution in [-0.4, -0.2) is 30.1 Å². The number of benzene rings is 2. The maximum absolute atomic E-state index is 12.7. The highest BCUT2D eigenvalue weighted by Crippen LogP contribution is 2.38. The largest absolute Gasteiger partial charge is 0.465 e. The summed E-state index contributed by atoms with van der Waals surface area (Å²) in [5, 5.41) is 0.807. The Labute approximate surface area is 158 Å². The van der Waals surface area contributed by atoms with Crippen molar-refractivity contribution in [1.82, 2.24) is 4.98 Å². The lowest BCUT2D eigenvalue weighted by atomic mass is 9.92. The van der Waals surface area contributed by atoms with Crippen LogP contribution in [0, 0.1) is 6.92 Å². The predicted octanol–water partition coefficient (Wildman–Crippen LogP) is 4.35. The lowest BCUT2D eigenvalue weighted by Gasteiger charge is -2.17. The molecule has 0 fully saturated rings. The first-order valence-corrected chi connectivity index (χ1v) is 9.08. The molecule has 5 nitrogen and oxygen atoms in total. The molecule has 3 aromatic rings. The zero-order chi connectivity index (χ0) is 19.4. The van der Waals surface area contributed by atoms with Crippen LogP contribution in [0.4, 0.5) is 0 Å². The van der Waals surface area contributed by atoms with E-state index in [1.807, 2.05) is 55.5 Å². The van der Waals surface area contributed by atoms with Crippen LogP contribution in [0.15, 0.2) is 48.5 Å². The standard InChI is InChI=1S/C22H23NO4/c1-4-26-21(24)19(22(25)27-5-2)18-16-12-8-9-13-17(16)23-20(18)15-11-7-6-10-14(15)3/h6-13,19,23H,4-5H2,1-3H3. The van der Waals surface area contributed by atoms with E-state index in [-0.39, 0.29) is 13.2 Å². The van der Waals surface area contributed by atoms with Crippen LogP contribution < -0.4 is 0 Å². The zero-order valence-electron chi connectivity index (χ0n) is 15.7. The van der Waals surface area contributed by atoms with E-state index in [1.165, 1.54) is 0 Å². The lowest BCUT2D eigenvalue weighted by Crippen LogP contribution is -2.26. The summed E-state index contributed by atoms with van der Waals surface area (Å²) in [7, 11) is 0. The van der Waals surface area contributed by atoms with E-state index in [0.29, 0.717) is 5.56 Å². The van der Waals surface area contributed by atoms with Crippen molar-refractivity contribution < 1.29 is 19.1 Å². The molecule has 0 saturated carbocycles. The van der Waals surface area contributed by atoms with Gasteiger partial charge in [-0.25, -0.2) is 0 Å². The summed E-state index contributed by atoms with van der Waals surface area (Å²) in [5.41, 5.74) is 4.15. The molecule has 3 rings (SSSR count). The normalized spacial score (nSPS) is 11.0. The third kappa shape index (κ3) is 3.58. The van der Waals surface area contributed by atoms with Crippen molar-refractivity contribution in [3.63, 3.8) is 0 Å². The van der Waals surface area contributed by atoms with Gasteiger partial charge in [0.1, 0.15) is 0 Å². The molecule has 0 atom stereocenters. The molecule has 0 spiro atoms. The molecule has 0 unspecified atom stereocenters. The fraction of sp³-hybridized carbons (Fsp3) is 0.273. The van der Waals surface area contributed by atoms with Crippen molar-refractivity contribution in [2.24, 2.45) is 0 Å². The number of rotatable bonds is 6. The molecule has 0 aliphatic rings. The van der Waals surface area contributed by atoms with Gasteiger partial charge in [-0.15, -0.1) is 0 Å². The van der Waals surface area contributed by atoms with E-state index < -0.39 is 17.9 Å². The highest BCUT2D eigenvalue weighted by Gasteiger charge is 2.36. The number of aromatic amines is 1. The first kappa shape index (κ1) is 18.7. The van der Waals surface area contributed by atoms with Crippen molar-refractivity contribution in [2.45, 2.75) is 26.7 Å². The molecule has 27 heavy (non-hydrogen) atoms. The second-order valence-electron chi connectivity index (χ2n) is 6.21. The lowest BCUT2D eigenvalue weighted by molar-refractivity contribution is -0.156. The van der Waals surface area contributed by atoms with Gasteiger partial charge in [0.15, 0.2) is 5.92 Å². The van der Waals surface area contributed by atoms with Crippen LogP contribution in [-0.2, 0) is 19.1 Å². The first-order chi connectivity index (χ1) is 13.1. The molecule has 5 heteroatoms. The van der Waals surface area contributed by atoms with Gasteiger partial charge in [-0.3, -0.25) is 9.59 Å². The van der Waals surface area contributed by atoms with E-state index in [9.17, 15) is 9.59 Å². The molecule has 1 aromatic heterocycles. The number of H-pyrrole nitrogens is 1. The smallest absolute Gasteiger partial charge is 0.324 e. The van der Waals surface area contributed by atoms with E-state index in [4.69, 9.17) is 9.47 Å². The van der Waals surface area contributed by atoms with Gasteiger partial charge in [0.25, 0.3) is 0 Å². The summed E-state index contributed by atoms with van der Waals surface area (Å²) in [6, 6.07) is 15.5. The minimum absolute atomic E-state index is 0.191. The molecule has 0 aliphatic heterocycles. The summed E-state index contributed by atoms with van der Waals surface area (Å²) >= 11 is 0. The summed E-state index contributed by atoms with van der Waals surface area (Å²) in [6.45, 7) is 5.82. The minimum Gasteiger partial charge on any atom is -0.465 e. The maximum atomic E-state index is 12.7. The van der Waals surface area contributed by atoms with Gasteiger partial charge in [0.05, 0.1) is 18.9 Å². The molecule has 0 radical (unpaired) electrons. The number of ether oxygens (including phenoxy) is 2. The Morgan fingerprint density at radius 2 is 1.52 bits per heavy atom. The average molecular weight is 365 g/mol. The van der Waals surface area contributed by atoms with Crippen molar-refractivity contribution in [3.05, 3.63) is 59.7 Å². The summed E-state index contributed by atoms with van der Waals surface area (Å²) in [6.07, 6.45) is 0. The van der Waals surface area contributed by atoms with Gasteiger partial charge >= 0.3 is 11.9 Å². The van der Waals surface area contributed by atoms with Crippen LogP contribution in [0.25, 0.3) is 22.2 Å². The molecule has 2 aromatic carbocycles. The number of aromatic nitrogens is 1. The van der Waals surface area contributed by atoms with Crippen LogP contribution >= 0.6 is 0 Å². The molecule has 0 saturated heterocycles. The van der Waals surface area contributed by atoms with Gasteiger partial charge in [-0.05, 0) is 32.4 Å². The van der Waals surface area contributed by atoms with E-state index in [1.54, 1.807) is 13.8 Å². The maximum Gasteiger partial charge on any atom is 0.324 e. The Balaban J connectivity index is 2.29. The Hall–Kier alpha value is -3.08. The van der Waals surface area contributed by atoms with Gasteiger partial charge in [-0.1, -0.05) is 42.5 Å². The van der Waals surface area contributed by atoms with Crippen molar-refractivity contribution in [2.75, 3.05) is 13.2 Å². The number of carbonyl (C=O) groups is 2. The predicted molar refractivity (Wildman–Crippen MR) is 104 cm³/mol. The summed E-state index contributed by atoms with van der Waals surface area (Å²) in [4.78, 5) is 28.8. The van der Waals surface area contributed by atoms with Crippen LogP contribution in [0.2, 0.25) is 0 Å². The van der Waals surface area contributed by atoms with E-state index >= 15 is 0 Å². The molecule has 0 amide bonds. The molecule has 1 N–H and O–H groups in total. The van der Waals surface area contributed by atoms with Gasteiger partial charge in [0, 0.05) is 22.0 Å². The summed E-state index contributed by atoms with van der Waals surface area (Å²) < 4.78 is 10.4. The Kier molecular flexibility index (Phi) is 5.60. The molecule has 1 heterocycles. The number of aryl methyl sites for hydroxylation is 1. The van der Waals surface area contributed by atoms with Gasteiger partial charge < -0.3 is 14.5 Å². The third-order valence-corrected chi connectivity index (χ3v) is 4.49. The third-order valence-electron chi connectivity index (χ3n) is 4.49. The Morgan fingerprint density at radius 1 is 0.926 bits per heavy atom. The molecule has 0 aliphatic carbocycles. The van der Waals surface area contributed by atoms with Crippen molar-refractivity contribution in [1.29, 1.82) is 0 Å². The Bertz CT molecular complexity index is 955. The molecule has 140 valence electrons. The number of esters is 2. The second kappa shape index (κ2) is 8.08. The van der Waals surface area contributed by atoms with Crippen molar-refractivity contribution >= 4 is 22.8 Å². The number of fused-ring (bicyclic) bond motifs is 1. The van der Waals surface area contributed by atoms with Crippen molar-refractivity contribution in [3.8, 4) is 11.3 Å². The van der Waals surface area contributed by atoms with E-state index in [0.717, 1.165) is 27.7 Å². The van der Waals surface area contributed by atoms with Gasteiger partial charge in [0.2, 0.25) is 0 Å². The highest BCUT2D eigenvalue weighted by atomic mass is 16.6. The van der Waals surface area contributed by atoms with E-state index in [2.05, 4.69) is 4.98 Å². The monoisotopic (exact) mass is 365 g/mol. The average Bonchev–Trinajstić information content (AvgIpc) is 3.02. The Morgan fingerprint density at radius 3 is 2.15 bits per heavy atom. The number of para-hydroxylation sites is 1. The molecular formula is C22H23NO4. The zero-order valence-corrected chi connectivity index (χ0v) is 15.7. The quantitative estimate of drug-likeness (QED) is 0.521. The number of nitrogens with one attached hydrogen (secondary N) is 1.